The number of likely N-dealkylation sites (N-methyl/N-ethyl adjacent to an activating group) is 1. The molecule has 2 N–H and O–H groups in total. The number of carbonyl (C=O) groups excluding carboxylic acids is 1. The Morgan fingerprint density at radius 1 is 1.25 bits per heavy atom. The zero-order valence-electron chi connectivity index (χ0n) is 24.5. The third-order valence-electron chi connectivity index (χ3n) is 9.29. The van der Waals surface area contributed by atoms with Crippen molar-refractivity contribution in [1.82, 2.24) is 25.2 Å². The van der Waals surface area contributed by atoms with Crippen LogP contribution in [-0.4, -0.2) is 81.9 Å². The number of aryl methyl sites for hydroxylation is 1. The van der Waals surface area contributed by atoms with E-state index in [0.717, 1.165) is 19.4 Å². The van der Waals surface area contributed by atoms with Crippen LogP contribution < -0.4 is 15.0 Å². The molecule has 44 heavy (non-hydrogen) atoms. The third kappa shape index (κ3) is 4.75. The second kappa shape index (κ2) is 10.8. The number of aromatic nitrogens is 3. The van der Waals surface area contributed by atoms with Gasteiger partial charge in [0.25, 0.3) is 0 Å². The van der Waals surface area contributed by atoms with Gasteiger partial charge >= 0.3 is 6.01 Å². The van der Waals surface area contributed by atoms with Crippen molar-refractivity contribution in [3.8, 4) is 23.0 Å². The van der Waals surface area contributed by atoms with Gasteiger partial charge in [-0.25, -0.2) is 13.2 Å². The fourth-order valence-corrected chi connectivity index (χ4v) is 7.20. The lowest BCUT2D eigenvalue weighted by Gasteiger charge is -2.32. The number of phenolic OH excluding ortho intramolecular Hbond substituents is 1. The number of rotatable bonds is 8. The molecule has 0 radical (unpaired) electrons. The molecule has 3 fully saturated rings. The lowest BCUT2D eigenvalue weighted by atomic mass is 9.94. The Kier molecular flexibility index (Phi) is 6.99. The highest BCUT2D eigenvalue weighted by molar-refractivity contribution is 6.01. The van der Waals surface area contributed by atoms with Crippen LogP contribution in [0.3, 0.4) is 0 Å². The number of aromatic hydroxyl groups is 1. The number of nitrogens with zero attached hydrogens (tertiary/aromatic N) is 5. The second-order valence-corrected chi connectivity index (χ2v) is 12.2. The molecule has 230 valence electrons. The van der Waals surface area contributed by atoms with Crippen molar-refractivity contribution in [3.05, 3.63) is 47.7 Å². The molecule has 3 aliphatic heterocycles. The molecule has 0 saturated carbocycles. The molecule has 1 unspecified atom stereocenters. The number of benzene rings is 2. The number of β-lactam (4-membered cyclic amide) rings is 1. The number of phenols is 1. The minimum atomic E-state index is -0.933. The van der Waals surface area contributed by atoms with Crippen molar-refractivity contribution < 1.29 is 27.8 Å². The number of carbonyl (C=O) groups is 1. The number of ether oxygens (including phenoxy) is 1. The Morgan fingerprint density at radius 2 is 2.07 bits per heavy atom. The van der Waals surface area contributed by atoms with Crippen molar-refractivity contribution >= 4 is 33.4 Å². The molecule has 3 saturated heterocycles. The van der Waals surface area contributed by atoms with Gasteiger partial charge in [-0.1, -0.05) is 13.0 Å². The second-order valence-electron chi connectivity index (χ2n) is 12.2. The van der Waals surface area contributed by atoms with Gasteiger partial charge in [-0.05, 0) is 60.3 Å². The maximum absolute atomic E-state index is 16.7. The average Bonchev–Trinajstić information content (AvgIpc) is 3.50. The van der Waals surface area contributed by atoms with Crippen LogP contribution in [-0.2, 0) is 11.2 Å². The van der Waals surface area contributed by atoms with Gasteiger partial charge < -0.3 is 20.1 Å². The van der Waals surface area contributed by atoms with E-state index in [0.29, 0.717) is 59.9 Å². The molecule has 4 aromatic rings. The molecule has 3 aliphatic rings. The van der Waals surface area contributed by atoms with E-state index in [2.05, 4.69) is 25.2 Å². The zero-order chi connectivity index (χ0) is 30.7. The first-order chi connectivity index (χ1) is 21.2. The molecule has 2 aromatic heterocycles. The molecule has 3 atom stereocenters. The lowest BCUT2D eigenvalue weighted by molar-refractivity contribution is -0.127. The summed E-state index contributed by atoms with van der Waals surface area (Å²) in [6, 6.07) is 5.61. The fourth-order valence-electron chi connectivity index (χ4n) is 7.20. The topological polar surface area (TPSA) is 104 Å². The van der Waals surface area contributed by atoms with Crippen LogP contribution in [0.2, 0.25) is 0 Å². The number of anilines is 1. The van der Waals surface area contributed by atoms with Crippen molar-refractivity contribution in [2.45, 2.75) is 56.8 Å². The first-order valence-corrected chi connectivity index (χ1v) is 15.0. The predicted octanol–water partition coefficient (Wildman–Crippen LogP) is 4.67. The van der Waals surface area contributed by atoms with Crippen molar-refractivity contribution in [3.63, 3.8) is 0 Å². The SMILES string of the molecule is CCc1c(F)ccc2cc(O)cc(-c3ncc4c(N(C)CC5CC(=O)N5)nc(OC[C@@]56CCCN5C[C@H](F)C6)nc4c3F)c12. The largest absolute Gasteiger partial charge is 0.508 e. The first kappa shape index (κ1) is 28.6. The number of hydrogen-bond acceptors (Lipinski definition) is 8. The van der Waals surface area contributed by atoms with Crippen LogP contribution >= 0.6 is 0 Å². The summed E-state index contributed by atoms with van der Waals surface area (Å²) < 4.78 is 52.1. The Bertz CT molecular complexity index is 1800. The van der Waals surface area contributed by atoms with E-state index in [-0.39, 0.29) is 47.1 Å². The molecule has 2 aromatic carbocycles. The molecule has 7 rings (SSSR count). The highest BCUT2D eigenvalue weighted by Crippen LogP contribution is 2.41. The number of hydrogen-bond donors (Lipinski definition) is 2. The van der Waals surface area contributed by atoms with Gasteiger partial charge in [0, 0.05) is 44.7 Å². The lowest BCUT2D eigenvalue weighted by Crippen LogP contribution is -2.53. The summed E-state index contributed by atoms with van der Waals surface area (Å²) in [6.07, 6.45) is 3.34. The van der Waals surface area contributed by atoms with E-state index in [4.69, 9.17) is 4.74 Å². The average molecular weight is 607 g/mol. The summed E-state index contributed by atoms with van der Waals surface area (Å²) in [6.45, 7) is 3.55. The van der Waals surface area contributed by atoms with Crippen LogP contribution in [0.25, 0.3) is 32.9 Å². The summed E-state index contributed by atoms with van der Waals surface area (Å²) in [7, 11) is 1.78. The molecule has 9 nitrogen and oxygen atoms in total. The highest BCUT2D eigenvalue weighted by Gasteiger charge is 2.49. The minimum absolute atomic E-state index is 0.0401. The highest BCUT2D eigenvalue weighted by atomic mass is 19.1. The number of amides is 1. The maximum atomic E-state index is 16.7. The quantitative estimate of drug-likeness (QED) is 0.279. The van der Waals surface area contributed by atoms with Crippen LogP contribution in [0, 0.1) is 11.6 Å². The summed E-state index contributed by atoms with van der Waals surface area (Å²) in [4.78, 5) is 29.0. The number of halogens is 3. The van der Waals surface area contributed by atoms with Gasteiger partial charge in [0.2, 0.25) is 5.91 Å². The van der Waals surface area contributed by atoms with Gasteiger partial charge in [0.05, 0.1) is 17.0 Å². The number of fused-ring (bicyclic) bond motifs is 3. The van der Waals surface area contributed by atoms with Gasteiger partial charge in [-0.3, -0.25) is 14.7 Å². The van der Waals surface area contributed by atoms with Crippen molar-refractivity contribution in [1.29, 1.82) is 0 Å². The van der Waals surface area contributed by atoms with Crippen LogP contribution in [0.15, 0.2) is 30.5 Å². The maximum Gasteiger partial charge on any atom is 0.319 e. The molecule has 0 spiro atoms. The molecule has 12 heteroatoms. The predicted molar refractivity (Wildman–Crippen MR) is 160 cm³/mol. The number of alkyl halides is 1. The van der Waals surface area contributed by atoms with Gasteiger partial charge in [0.1, 0.15) is 41.4 Å². The molecule has 1 amide bonds. The van der Waals surface area contributed by atoms with Gasteiger partial charge in [-0.15, -0.1) is 0 Å². The van der Waals surface area contributed by atoms with Crippen LogP contribution in [0.1, 0.15) is 38.2 Å². The van der Waals surface area contributed by atoms with Crippen molar-refractivity contribution in [2.24, 2.45) is 0 Å². The summed E-state index contributed by atoms with van der Waals surface area (Å²) in [5.74, 6) is -0.992. The normalized spacial score (nSPS) is 23.2. The van der Waals surface area contributed by atoms with Gasteiger partial charge in [0.15, 0.2) is 5.82 Å². The van der Waals surface area contributed by atoms with E-state index >= 15 is 4.39 Å². The fraction of sp³-hybridized carbons (Fsp3) is 0.438. The van der Waals surface area contributed by atoms with Gasteiger partial charge in [-0.2, -0.15) is 9.97 Å². The number of pyridine rings is 1. The molecule has 0 aliphatic carbocycles. The monoisotopic (exact) mass is 606 g/mol. The first-order valence-electron chi connectivity index (χ1n) is 15.0. The molecular weight excluding hydrogens is 573 g/mol. The summed E-state index contributed by atoms with van der Waals surface area (Å²) in [5.41, 5.74) is 0.0186. The minimum Gasteiger partial charge on any atom is -0.508 e. The van der Waals surface area contributed by atoms with E-state index < -0.39 is 23.3 Å². The Labute approximate surface area is 252 Å². The van der Waals surface area contributed by atoms with Crippen LogP contribution in [0.5, 0.6) is 11.8 Å². The smallest absolute Gasteiger partial charge is 0.319 e. The number of nitrogens with one attached hydrogen (secondary N) is 1. The Hall–Kier alpha value is -4.19. The summed E-state index contributed by atoms with van der Waals surface area (Å²) in [5, 5.41) is 14.7. The summed E-state index contributed by atoms with van der Waals surface area (Å²) >= 11 is 0. The third-order valence-corrected chi connectivity index (χ3v) is 9.29. The van der Waals surface area contributed by atoms with E-state index in [1.54, 1.807) is 18.0 Å². The van der Waals surface area contributed by atoms with E-state index in [9.17, 15) is 18.7 Å². The molecular formula is C32H33F3N6O3. The zero-order valence-corrected chi connectivity index (χ0v) is 24.5. The van der Waals surface area contributed by atoms with Crippen LogP contribution in [0.4, 0.5) is 19.0 Å². The Balaban J connectivity index is 1.35. The van der Waals surface area contributed by atoms with E-state index in [1.165, 1.54) is 24.4 Å². The molecule has 5 heterocycles. The Morgan fingerprint density at radius 3 is 2.84 bits per heavy atom. The van der Waals surface area contributed by atoms with Crippen molar-refractivity contribution in [2.75, 3.05) is 38.2 Å². The standard InChI is InChI=1S/C32H33F3N6O3/c1-3-21-24(34)6-5-17-9-20(42)11-22(26(17)21)28-27(35)29-23(13-36-28)30(40(2)15-19-10-25(43)37-19)39-31(38-29)44-16-32-7-4-8-41(32)14-18(33)12-32/h5-6,9,11,13,18-19,42H,3-4,7-8,10,12,14-16H2,1-2H3,(H,37,43)/t18-,19?,32+/m1/s1. The molecule has 0 bridgehead atoms. The van der Waals surface area contributed by atoms with E-state index in [1.807, 2.05) is 6.92 Å².